The molecule has 3 aromatic rings. The maximum atomic E-state index is 13.6. The summed E-state index contributed by atoms with van der Waals surface area (Å²) in [5.74, 6) is 0.365. The van der Waals surface area contributed by atoms with Gasteiger partial charge in [0.15, 0.2) is 0 Å². The van der Waals surface area contributed by atoms with Crippen LogP contribution in [0.5, 0.6) is 0 Å². The van der Waals surface area contributed by atoms with Crippen LogP contribution in [0.15, 0.2) is 54.6 Å². The van der Waals surface area contributed by atoms with Gasteiger partial charge in [-0.05, 0) is 24.3 Å². The lowest BCUT2D eigenvalue weighted by Gasteiger charge is -2.34. The van der Waals surface area contributed by atoms with E-state index in [2.05, 4.69) is 9.88 Å². The van der Waals surface area contributed by atoms with Crippen LogP contribution in [0, 0.1) is 0 Å². The number of halogens is 2. The lowest BCUT2D eigenvalue weighted by molar-refractivity contribution is 0.0574. The van der Waals surface area contributed by atoms with E-state index >= 15 is 0 Å². The molecule has 140 valence electrons. The average Bonchev–Trinajstić information content (AvgIpc) is 3.06. The number of benzene rings is 2. The van der Waals surface area contributed by atoms with E-state index in [9.17, 15) is 13.6 Å². The highest BCUT2D eigenvalue weighted by Crippen LogP contribution is 2.24. The Morgan fingerprint density at radius 1 is 0.963 bits per heavy atom. The summed E-state index contributed by atoms with van der Waals surface area (Å²) >= 11 is 0. The van der Waals surface area contributed by atoms with Gasteiger partial charge in [-0.25, -0.2) is 4.98 Å². The van der Waals surface area contributed by atoms with Gasteiger partial charge in [-0.1, -0.05) is 30.3 Å². The first-order valence-corrected chi connectivity index (χ1v) is 8.94. The minimum Gasteiger partial charge on any atom is -0.336 e. The van der Waals surface area contributed by atoms with E-state index in [-0.39, 0.29) is 5.91 Å². The zero-order valence-corrected chi connectivity index (χ0v) is 14.8. The van der Waals surface area contributed by atoms with Gasteiger partial charge in [0, 0.05) is 31.7 Å². The second-order valence-corrected chi connectivity index (χ2v) is 6.60. The van der Waals surface area contributed by atoms with Gasteiger partial charge in [0.25, 0.3) is 5.91 Å². The van der Waals surface area contributed by atoms with Crippen LogP contribution in [-0.4, -0.2) is 51.4 Å². The Bertz CT molecular complexity index is 934. The van der Waals surface area contributed by atoms with E-state index in [1.165, 1.54) is 0 Å². The van der Waals surface area contributed by atoms with Crippen LogP contribution >= 0.6 is 0 Å². The van der Waals surface area contributed by atoms with E-state index in [4.69, 9.17) is 0 Å². The van der Waals surface area contributed by atoms with Gasteiger partial charge in [-0.2, -0.15) is 8.78 Å². The summed E-state index contributed by atoms with van der Waals surface area (Å²) in [6.45, 7) is 0.113. The number of amides is 1. The molecule has 2 heterocycles. The molecule has 1 saturated heterocycles. The van der Waals surface area contributed by atoms with Gasteiger partial charge in [-0.15, -0.1) is 0 Å². The van der Waals surface area contributed by atoms with Gasteiger partial charge in [0.1, 0.15) is 5.82 Å². The van der Waals surface area contributed by atoms with Gasteiger partial charge in [0.05, 0.1) is 17.6 Å². The Morgan fingerprint density at radius 2 is 1.63 bits per heavy atom. The molecule has 1 aliphatic heterocycles. The molecule has 1 fully saturated rings. The van der Waals surface area contributed by atoms with Crippen LogP contribution in [0.4, 0.5) is 8.78 Å². The molecule has 0 unspecified atom stereocenters. The van der Waals surface area contributed by atoms with Crippen molar-refractivity contribution >= 4 is 16.9 Å². The first-order chi connectivity index (χ1) is 13.1. The highest BCUT2D eigenvalue weighted by molar-refractivity contribution is 5.94. The second kappa shape index (κ2) is 7.44. The van der Waals surface area contributed by atoms with Crippen molar-refractivity contribution in [2.45, 2.75) is 13.1 Å². The van der Waals surface area contributed by atoms with Crippen molar-refractivity contribution in [1.82, 2.24) is 19.4 Å². The maximum absolute atomic E-state index is 13.6. The molecule has 7 heteroatoms. The summed E-state index contributed by atoms with van der Waals surface area (Å²) < 4.78 is 28.1. The van der Waals surface area contributed by atoms with Gasteiger partial charge in [0.2, 0.25) is 0 Å². The molecule has 0 aliphatic carbocycles. The third kappa shape index (κ3) is 3.55. The van der Waals surface area contributed by atoms with Crippen LogP contribution in [-0.2, 0) is 6.54 Å². The predicted molar refractivity (Wildman–Crippen MR) is 98.6 cm³/mol. The molecule has 0 saturated carbocycles. The predicted octanol–water partition coefficient (Wildman–Crippen LogP) is 3.39. The number of hydrogen-bond acceptors (Lipinski definition) is 3. The molecule has 1 amide bonds. The first-order valence-electron chi connectivity index (χ1n) is 8.94. The average molecular weight is 370 g/mol. The molecule has 2 aromatic carbocycles. The number of fused-ring (bicyclic) bond motifs is 1. The molecule has 27 heavy (non-hydrogen) atoms. The van der Waals surface area contributed by atoms with Crippen molar-refractivity contribution in [2.24, 2.45) is 0 Å². The Labute approximate surface area is 155 Å². The smallest absolute Gasteiger partial charge is 0.320 e. The van der Waals surface area contributed by atoms with E-state index in [0.29, 0.717) is 55.1 Å². The highest BCUT2D eigenvalue weighted by atomic mass is 19.3. The summed E-state index contributed by atoms with van der Waals surface area (Å²) in [4.78, 5) is 20.8. The molecular formula is C20H20F2N4O. The largest absolute Gasteiger partial charge is 0.336 e. The number of aromatic nitrogens is 2. The Kier molecular flexibility index (Phi) is 4.85. The molecule has 4 rings (SSSR count). The van der Waals surface area contributed by atoms with Crippen LogP contribution in [0.1, 0.15) is 22.7 Å². The first kappa shape index (κ1) is 17.6. The van der Waals surface area contributed by atoms with E-state index in [1.54, 1.807) is 36.4 Å². The number of hydrogen-bond donors (Lipinski definition) is 0. The fourth-order valence-electron chi connectivity index (χ4n) is 3.50. The molecule has 0 atom stereocenters. The van der Waals surface area contributed by atoms with E-state index in [1.807, 2.05) is 23.1 Å². The van der Waals surface area contributed by atoms with Crippen molar-refractivity contribution in [3.63, 3.8) is 0 Å². The summed E-state index contributed by atoms with van der Waals surface area (Å²) in [6.07, 6.45) is 0. The maximum Gasteiger partial charge on any atom is 0.320 e. The molecular weight excluding hydrogens is 350 g/mol. The zero-order valence-electron chi connectivity index (χ0n) is 14.8. The standard InChI is InChI=1S/C20H20F2N4O/c21-20(22)26-17-9-5-4-8-16(17)23-18(26)14-24-10-12-25(13-11-24)19(27)15-6-2-1-3-7-15/h1-9,20H,10-14H2. The number of piperazine rings is 1. The third-order valence-electron chi connectivity index (χ3n) is 4.91. The van der Waals surface area contributed by atoms with Crippen LogP contribution in [0.25, 0.3) is 11.0 Å². The number of rotatable bonds is 4. The van der Waals surface area contributed by atoms with Crippen LogP contribution < -0.4 is 0 Å². The summed E-state index contributed by atoms with van der Waals surface area (Å²) in [5, 5.41) is 0. The Morgan fingerprint density at radius 3 is 2.33 bits per heavy atom. The molecule has 0 N–H and O–H groups in total. The fraction of sp³-hybridized carbons (Fsp3) is 0.300. The van der Waals surface area contributed by atoms with Crippen molar-refractivity contribution in [3.8, 4) is 0 Å². The number of para-hydroxylation sites is 2. The van der Waals surface area contributed by atoms with Crippen LogP contribution in [0.2, 0.25) is 0 Å². The quantitative estimate of drug-likeness (QED) is 0.707. The minimum atomic E-state index is -2.63. The van der Waals surface area contributed by atoms with Crippen molar-refractivity contribution in [2.75, 3.05) is 26.2 Å². The Balaban J connectivity index is 1.45. The normalized spacial score (nSPS) is 15.6. The lowest BCUT2D eigenvalue weighted by Crippen LogP contribution is -2.48. The topological polar surface area (TPSA) is 41.4 Å². The molecule has 5 nitrogen and oxygen atoms in total. The van der Waals surface area contributed by atoms with E-state index < -0.39 is 6.55 Å². The monoisotopic (exact) mass is 370 g/mol. The fourth-order valence-corrected chi connectivity index (χ4v) is 3.50. The highest BCUT2D eigenvalue weighted by Gasteiger charge is 2.25. The van der Waals surface area contributed by atoms with Crippen molar-refractivity contribution < 1.29 is 13.6 Å². The molecule has 1 aromatic heterocycles. The lowest BCUT2D eigenvalue weighted by atomic mass is 10.2. The summed E-state index contributed by atoms with van der Waals surface area (Å²) in [7, 11) is 0. The third-order valence-corrected chi connectivity index (χ3v) is 4.91. The number of carbonyl (C=O) groups excluding carboxylic acids is 1. The molecule has 0 radical (unpaired) electrons. The van der Waals surface area contributed by atoms with Crippen molar-refractivity contribution in [1.29, 1.82) is 0 Å². The van der Waals surface area contributed by atoms with Gasteiger partial charge in [-0.3, -0.25) is 14.3 Å². The van der Waals surface area contributed by atoms with Gasteiger partial charge >= 0.3 is 6.55 Å². The zero-order chi connectivity index (χ0) is 18.8. The molecule has 0 bridgehead atoms. The number of alkyl halides is 2. The molecule has 1 aliphatic rings. The van der Waals surface area contributed by atoms with Gasteiger partial charge < -0.3 is 4.90 Å². The summed E-state index contributed by atoms with van der Waals surface area (Å²) in [6, 6.07) is 16.1. The van der Waals surface area contributed by atoms with E-state index in [0.717, 1.165) is 4.57 Å². The number of carbonyl (C=O) groups is 1. The Hall–Kier alpha value is -2.80. The molecule has 0 spiro atoms. The number of nitrogens with zero attached hydrogens (tertiary/aromatic N) is 4. The number of imidazole rings is 1. The summed E-state index contributed by atoms with van der Waals surface area (Å²) in [5.41, 5.74) is 1.69. The minimum absolute atomic E-state index is 0.00932. The van der Waals surface area contributed by atoms with Crippen molar-refractivity contribution in [3.05, 3.63) is 66.0 Å². The van der Waals surface area contributed by atoms with Crippen LogP contribution in [0.3, 0.4) is 0 Å². The SMILES string of the molecule is O=C(c1ccccc1)N1CCN(Cc2nc3ccccc3n2C(F)F)CC1. The second-order valence-electron chi connectivity index (χ2n) is 6.60.